The standard InChI is InChI=1S/C21H33N3O/c1-20(2)15-24(19(25)21(3,4)22)18(20)17-10-12-23(13-11-17)14-16-8-6-5-7-9-16/h5-9,17-18H,10-15,22H2,1-4H3. The molecule has 0 aromatic heterocycles. The number of piperidine rings is 1. The zero-order chi connectivity index (χ0) is 18.2. The Labute approximate surface area is 152 Å². The molecule has 0 saturated carbocycles. The maximum absolute atomic E-state index is 12.7. The molecular formula is C21H33N3O. The van der Waals surface area contributed by atoms with Crippen molar-refractivity contribution in [2.45, 2.75) is 58.7 Å². The summed E-state index contributed by atoms with van der Waals surface area (Å²) in [6.45, 7) is 12.3. The van der Waals surface area contributed by atoms with Gasteiger partial charge in [-0.05, 0) is 51.3 Å². The van der Waals surface area contributed by atoms with Crippen LogP contribution in [0.1, 0.15) is 46.1 Å². The summed E-state index contributed by atoms with van der Waals surface area (Å²) in [5, 5.41) is 0. The van der Waals surface area contributed by atoms with E-state index in [0.717, 1.165) is 39.0 Å². The molecular weight excluding hydrogens is 310 g/mol. The topological polar surface area (TPSA) is 49.6 Å². The molecule has 4 nitrogen and oxygen atoms in total. The smallest absolute Gasteiger partial charge is 0.242 e. The summed E-state index contributed by atoms with van der Waals surface area (Å²) in [7, 11) is 0. The minimum atomic E-state index is -0.775. The molecule has 138 valence electrons. The first-order valence-electron chi connectivity index (χ1n) is 9.55. The van der Waals surface area contributed by atoms with E-state index in [-0.39, 0.29) is 11.3 Å². The van der Waals surface area contributed by atoms with E-state index in [0.29, 0.717) is 12.0 Å². The Morgan fingerprint density at radius 1 is 1.20 bits per heavy atom. The predicted octanol–water partition coefficient (Wildman–Crippen LogP) is 2.87. The lowest BCUT2D eigenvalue weighted by molar-refractivity contribution is -0.163. The molecule has 2 saturated heterocycles. The van der Waals surface area contributed by atoms with Crippen LogP contribution in [-0.4, -0.2) is 46.9 Å². The van der Waals surface area contributed by atoms with Crippen LogP contribution in [0.25, 0.3) is 0 Å². The zero-order valence-electron chi connectivity index (χ0n) is 16.2. The number of nitrogens with two attached hydrogens (primary N) is 1. The minimum Gasteiger partial charge on any atom is -0.337 e. The first kappa shape index (κ1) is 18.4. The molecule has 1 unspecified atom stereocenters. The highest BCUT2D eigenvalue weighted by Gasteiger charge is 2.53. The largest absolute Gasteiger partial charge is 0.337 e. The molecule has 3 rings (SSSR count). The van der Waals surface area contributed by atoms with Crippen molar-refractivity contribution in [2.75, 3.05) is 19.6 Å². The Balaban J connectivity index is 1.60. The lowest BCUT2D eigenvalue weighted by Crippen LogP contribution is -2.71. The Hall–Kier alpha value is -1.39. The highest BCUT2D eigenvalue weighted by Crippen LogP contribution is 2.45. The van der Waals surface area contributed by atoms with Crippen LogP contribution in [-0.2, 0) is 11.3 Å². The molecule has 2 N–H and O–H groups in total. The maximum atomic E-state index is 12.7. The van der Waals surface area contributed by atoms with Crippen molar-refractivity contribution in [1.29, 1.82) is 0 Å². The Morgan fingerprint density at radius 2 is 1.80 bits per heavy atom. The first-order chi connectivity index (χ1) is 11.7. The van der Waals surface area contributed by atoms with Gasteiger partial charge in [0.1, 0.15) is 0 Å². The second kappa shape index (κ2) is 6.73. The Morgan fingerprint density at radius 3 is 2.32 bits per heavy atom. The number of hydrogen-bond acceptors (Lipinski definition) is 3. The number of hydrogen-bond donors (Lipinski definition) is 1. The van der Waals surface area contributed by atoms with Gasteiger partial charge in [0, 0.05) is 24.5 Å². The number of likely N-dealkylation sites (tertiary alicyclic amines) is 2. The number of benzene rings is 1. The average Bonchev–Trinajstić information content (AvgIpc) is 2.54. The van der Waals surface area contributed by atoms with Crippen molar-refractivity contribution in [3.63, 3.8) is 0 Å². The third-order valence-electron chi connectivity index (χ3n) is 5.85. The van der Waals surface area contributed by atoms with E-state index in [4.69, 9.17) is 5.73 Å². The van der Waals surface area contributed by atoms with Gasteiger partial charge in [0.05, 0.1) is 5.54 Å². The predicted molar refractivity (Wildman–Crippen MR) is 102 cm³/mol. The van der Waals surface area contributed by atoms with Crippen LogP contribution >= 0.6 is 0 Å². The fourth-order valence-corrected chi connectivity index (χ4v) is 4.67. The van der Waals surface area contributed by atoms with Gasteiger partial charge in [0.15, 0.2) is 0 Å². The van der Waals surface area contributed by atoms with Gasteiger partial charge in [-0.15, -0.1) is 0 Å². The molecule has 0 spiro atoms. The summed E-state index contributed by atoms with van der Waals surface area (Å²) in [5.74, 6) is 0.686. The fourth-order valence-electron chi connectivity index (χ4n) is 4.67. The van der Waals surface area contributed by atoms with Crippen LogP contribution in [0.4, 0.5) is 0 Å². The summed E-state index contributed by atoms with van der Waals surface area (Å²) < 4.78 is 0. The van der Waals surface area contributed by atoms with Crippen molar-refractivity contribution in [3.8, 4) is 0 Å². The van der Waals surface area contributed by atoms with Gasteiger partial charge in [-0.3, -0.25) is 9.69 Å². The van der Waals surface area contributed by atoms with Crippen LogP contribution in [0.2, 0.25) is 0 Å². The van der Waals surface area contributed by atoms with Crippen LogP contribution in [0, 0.1) is 11.3 Å². The summed E-state index contributed by atoms with van der Waals surface area (Å²) in [6, 6.07) is 11.0. The minimum absolute atomic E-state index is 0.101. The van der Waals surface area contributed by atoms with Gasteiger partial charge in [-0.25, -0.2) is 0 Å². The summed E-state index contributed by atoms with van der Waals surface area (Å²) in [5.41, 5.74) is 6.89. The third kappa shape index (κ3) is 3.90. The quantitative estimate of drug-likeness (QED) is 0.914. The SMILES string of the molecule is CC(C)(N)C(=O)N1CC(C)(C)C1C1CCN(Cc2ccccc2)CC1. The molecule has 2 fully saturated rings. The van der Waals surface area contributed by atoms with Crippen LogP contribution in [0.3, 0.4) is 0 Å². The molecule has 1 aromatic rings. The fraction of sp³-hybridized carbons (Fsp3) is 0.667. The molecule has 25 heavy (non-hydrogen) atoms. The van der Waals surface area contributed by atoms with E-state index in [9.17, 15) is 4.79 Å². The number of nitrogens with zero attached hydrogens (tertiary/aromatic N) is 2. The van der Waals surface area contributed by atoms with E-state index < -0.39 is 5.54 Å². The average molecular weight is 344 g/mol. The van der Waals surface area contributed by atoms with E-state index in [1.165, 1.54) is 5.56 Å². The van der Waals surface area contributed by atoms with Crippen molar-refractivity contribution >= 4 is 5.91 Å². The molecule has 0 radical (unpaired) electrons. The molecule has 1 aromatic carbocycles. The lowest BCUT2D eigenvalue weighted by Gasteiger charge is -2.59. The van der Waals surface area contributed by atoms with Crippen LogP contribution in [0.15, 0.2) is 30.3 Å². The van der Waals surface area contributed by atoms with Crippen molar-refractivity contribution in [1.82, 2.24) is 9.80 Å². The number of amides is 1. The first-order valence-corrected chi connectivity index (χ1v) is 9.55. The number of carbonyl (C=O) groups excluding carboxylic acids is 1. The summed E-state index contributed by atoms with van der Waals surface area (Å²) in [4.78, 5) is 17.3. The molecule has 2 aliphatic rings. The molecule has 1 atom stereocenters. The van der Waals surface area contributed by atoms with Gasteiger partial charge in [-0.2, -0.15) is 0 Å². The van der Waals surface area contributed by atoms with E-state index in [1.807, 2.05) is 13.8 Å². The zero-order valence-corrected chi connectivity index (χ0v) is 16.2. The second-order valence-corrected chi connectivity index (χ2v) is 9.19. The normalized spacial score (nSPS) is 24.8. The number of carbonyl (C=O) groups is 1. The molecule has 4 heteroatoms. The van der Waals surface area contributed by atoms with Gasteiger partial charge in [0.25, 0.3) is 0 Å². The Bertz CT molecular complexity index is 597. The molecule has 0 bridgehead atoms. The second-order valence-electron chi connectivity index (χ2n) is 9.19. The van der Waals surface area contributed by atoms with E-state index >= 15 is 0 Å². The van der Waals surface area contributed by atoms with Crippen molar-refractivity contribution in [2.24, 2.45) is 17.1 Å². The monoisotopic (exact) mass is 343 g/mol. The van der Waals surface area contributed by atoms with Gasteiger partial charge < -0.3 is 10.6 Å². The van der Waals surface area contributed by atoms with Gasteiger partial charge in [0.2, 0.25) is 5.91 Å². The van der Waals surface area contributed by atoms with Crippen molar-refractivity contribution in [3.05, 3.63) is 35.9 Å². The highest BCUT2D eigenvalue weighted by atomic mass is 16.2. The molecule has 1 amide bonds. The summed E-state index contributed by atoms with van der Waals surface area (Å²) >= 11 is 0. The van der Waals surface area contributed by atoms with E-state index in [1.54, 1.807) is 0 Å². The van der Waals surface area contributed by atoms with Crippen molar-refractivity contribution < 1.29 is 4.79 Å². The number of rotatable bonds is 4. The molecule has 2 aliphatic heterocycles. The highest BCUT2D eigenvalue weighted by molar-refractivity contribution is 5.86. The Kier molecular flexibility index (Phi) is 4.95. The summed E-state index contributed by atoms with van der Waals surface area (Å²) in [6.07, 6.45) is 2.32. The van der Waals surface area contributed by atoms with Gasteiger partial charge in [-0.1, -0.05) is 44.2 Å². The lowest BCUT2D eigenvalue weighted by atomic mass is 9.66. The van der Waals surface area contributed by atoms with E-state index in [2.05, 4.69) is 54.0 Å². The molecule has 2 heterocycles. The third-order valence-corrected chi connectivity index (χ3v) is 5.85. The van der Waals surface area contributed by atoms with Crippen LogP contribution in [0.5, 0.6) is 0 Å². The van der Waals surface area contributed by atoms with Crippen LogP contribution < -0.4 is 5.73 Å². The van der Waals surface area contributed by atoms with Gasteiger partial charge >= 0.3 is 0 Å². The maximum Gasteiger partial charge on any atom is 0.242 e. The molecule has 0 aliphatic carbocycles.